The van der Waals surface area contributed by atoms with E-state index in [-0.39, 0.29) is 104 Å². The van der Waals surface area contributed by atoms with Gasteiger partial charge in [0.15, 0.2) is 0 Å². The van der Waals surface area contributed by atoms with E-state index in [1.54, 1.807) is 0 Å². The third-order valence-electron chi connectivity index (χ3n) is 0. The molecule has 48 valence electrons. The first-order valence-corrected chi connectivity index (χ1v) is 0. The molecule has 0 bridgehead atoms. The topological polar surface area (TPSA) is 31.5 Å². The van der Waals surface area contributed by atoms with Crippen LogP contribution in [0, 0.1) is 7.43 Å². The Hall–Kier alpha value is 2.41. The van der Waals surface area contributed by atoms with Crippen LogP contribution < -0.4 is 91.6 Å². The minimum absolute atomic E-state index is 0. The first-order valence-electron chi connectivity index (χ1n) is 0. The molecular weight excluding hydrogens is 228 g/mol. The van der Waals surface area contributed by atoms with Crippen molar-refractivity contribution >= 4 is 0 Å². The van der Waals surface area contributed by atoms with Crippen molar-refractivity contribution in [2.24, 2.45) is 0 Å². The minimum atomic E-state index is 0. The van der Waals surface area contributed by atoms with Gasteiger partial charge in [-0.3, -0.25) is 0 Å². The molecular formula is CH2Cl5NaO. The van der Waals surface area contributed by atoms with Gasteiger partial charge >= 0.3 is 37.0 Å². The van der Waals surface area contributed by atoms with Crippen LogP contribution in [-0.2, 0) is 0 Å². The van der Waals surface area contributed by atoms with Gasteiger partial charge in [0.05, 0.1) is 0 Å². The van der Waals surface area contributed by atoms with E-state index in [4.69, 9.17) is 0 Å². The van der Waals surface area contributed by atoms with Crippen LogP contribution in [0.2, 0.25) is 0 Å². The molecule has 0 aromatic carbocycles. The molecule has 7 heteroatoms. The molecule has 0 aliphatic rings. The molecule has 0 saturated carbocycles. The van der Waals surface area contributed by atoms with E-state index in [2.05, 4.69) is 0 Å². The van der Waals surface area contributed by atoms with Crippen molar-refractivity contribution in [2.75, 3.05) is 0 Å². The van der Waals surface area contributed by atoms with Gasteiger partial charge in [0.25, 0.3) is 0 Å². The second kappa shape index (κ2) is 115. The Bertz CT molecular complexity index is 12.4. The summed E-state index contributed by atoms with van der Waals surface area (Å²) in [6, 6.07) is 0. The van der Waals surface area contributed by atoms with Crippen molar-refractivity contribution in [3.8, 4) is 0 Å². The third kappa shape index (κ3) is 79.5. The average molecular weight is 230 g/mol. The molecule has 0 aromatic rings. The summed E-state index contributed by atoms with van der Waals surface area (Å²) in [5.74, 6) is 0. The summed E-state index contributed by atoms with van der Waals surface area (Å²) in [5, 5.41) is 0. The van der Waals surface area contributed by atoms with Gasteiger partial charge in [-0.1, -0.05) is 0 Å². The van der Waals surface area contributed by atoms with Crippen molar-refractivity contribution < 1.29 is 97.1 Å². The zero-order valence-corrected chi connectivity index (χ0v) is 9.67. The molecule has 2 N–H and O–H groups in total. The minimum Gasteiger partial charge on any atom is -1.00 e. The Balaban J connectivity index is 0. The van der Waals surface area contributed by atoms with Crippen molar-refractivity contribution in [1.82, 2.24) is 0 Å². The van der Waals surface area contributed by atoms with Crippen LogP contribution in [-0.4, -0.2) is 5.48 Å². The molecule has 1 nitrogen and oxygen atoms in total. The smallest absolute Gasteiger partial charge is 1.00 e. The standard InChI is InChI=1S/C.5ClH.Na.H2O/h;5*1H;;1H2/q+4;;;;;;+1;/p-5. The summed E-state index contributed by atoms with van der Waals surface area (Å²) in [4.78, 5) is 0. The van der Waals surface area contributed by atoms with Crippen LogP contribution in [0.15, 0.2) is 0 Å². The maximum Gasteiger partial charge on any atom is 4.00 e. The second-order valence-electron chi connectivity index (χ2n) is 0. The summed E-state index contributed by atoms with van der Waals surface area (Å²) in [5.41, 5.74) is 0. The Labute approximate surface area is 103 Å². The van der Waals surface area contributed by atoms with Crippen LogP contribution in [0.5, 0.6) is 0 Å². The predicted molar refractivity (Wildman–Crippen MR) is 6.86 cm³/mol. The Kier molecular flexibility index (Phi) is 2270. The predicted octanol–water partition coefficient (Wildman–Crippen LogP) is -18.7. The van der Waals surface area contributed by atoms with Crippen LogP contribution in [0.4, 0.5) is 0 Å². The third-order valence-corrected chi connectivity index (χ3v) is 0. The Morgan fingerprint density at radius 3 is 0.500 bits per heavy atom. The van der Waals surface area contributed by atoms with Crippen LogP contribution in [0.25, 0.3) is 0 Å². The van der Waals surface area contributed by atoms with Crippen LogP contribution in [0.3, 0.4) is 0 Å². The van der Waals surface area contributed by atoms with E-state index < -0.39 is 0 Å². The summed E-state index contributed by atoms with van der Waals surface area (Å²) in [6.45, 7) is 0. The molecule has 0 heterocycles. The summed E-state index contributed by atoms with van der Waals surface area (Å²) >= 11 is 0. The van der Waals surface area contributed by atoms with Gasteiger partial charge in [-0.05, 0) is 0 Å². The van der Waals surface area contributed by atoms with Gasteiger partial charge in [0.2, 0.25) is 0 Å². The van der Waals surface area contributed by atoms with Gasteiger partial charge < -0.3 is 67.5 Å². The molecule has 0 aliphatic carbocycles. The molecule has 0 saturated heterocycles. The maximum atomic E-state index is 0. The fourth-order valence-corrected chi connectivity index (χ4v) is 0. The number of hydrogen-bond acceptors (Lipinski definition) is 0. The zero-order chi connectivity index (χ0) is 0. The van der Waals surface area contributed by atoms with E-state index in [9.17, 15) is 0 Å². The zero-order valence-electron chi connectivity index (χ0n) is 3.89. The first kappa shape index (κ1) is 159. The van der Waals surface area contributed by atoms with Gasteiger partial charge in [0, 0.05) is 0 Å². The van der Waals surface area contributed by atoms with Gasteiger partial charge in [-0.25, -0.2) is 0 Å². The molecule has 0 aliphatic heterocycles. The van der Waals surface area contributed by atoms with Crippen LogP contribution in [0.1, 0.15) is 0 Å². The first-order chi connectivity index (χ1) is 0. The molecule has 0 spiro atoms. The largest absolute Gasteiger partial charge is 4.00 e. The van der Waals surface area contributed by atoms with Gasteiger partial charge in [-0.15, -0.1) is 0 Å². The van der Waals surface area contributed by atoms with Gasteiger partial charge in [-0.2, -0.15) is 0 Å². The average Bonchev–Trinajstić information content (AvgIpc) is 0. The van der Waals surface area contributed by atoms with E-state index >= 15 is 0 Å². The maximum absolute atomic E-state index is 0. The van der Waals surface area contributed by atoms with E-state index in [0.717, 1.165) is 0 Å². The van der Waals surface area contributed by atoms with E-state index in [1.165, 1.54) is 0 Å². The molecule has 0 radical (unpaired) electrons. The summed E-state index contributed by atoms with van der Waals surface area (Å²) < 4.78 is 0. The van der Waals surface area contributed by atoms with Crippen molar-refractivity contribution in [3.05, 3.63) is 7.43 Å². The van der Waals surface area contributed by atoms with Crippen molar-refractivity contribution in [2.45, 2.75) is 0 Å². The fourth-order valence-electron chi connectivity index (χ4n) is 0. The molecule has 8 heavy (non-hydrogen) atoms. The van der Waals surface area contributed by atoms with Crippen molar-refractivity contribution in [3.63, 3.8) is 0 Å². The number of halogens is 5. The molecule has 0 rings (SSSR count). The quantitative estimate of drug-likeness (QED) is 0.370. The molecule has 0 aromatic heterocycles. The van der Waals surface area contributed by atoms with Crippen molar-refractivity contribution in [1.29, 1.82) is 0 Å². The number of hydrogen-bond donors (Lipinski definition) is 0. The molecule has 0 atom stereocenters. The second-order valence-corrected chi connectivity index (χ2v) is 0. The molecule has 0 unspecified atom stereocenters. The van der Waals surface area contributed by atoms with Crippen LogP contribution >= 0.6 is 0 Å². The monoisotopic (exact) mass is 228 g/mol. The normalized spacial score (nSPS) is 0. The SMILES string of the molecule is O.[C+4].[Cl-].[Cl-].[Cl-].[Cl-].[Cl-].[Na+]. The Morgan fingerprint density at radius 2 is 0.500 bits per heavy atom. The Morgan fingerprint density at radius 1 is 0.500 bits per heavy atom. The summed E-state index contributed by atoms with van der Waals surface area (Å²) in [7, 11) is 0. The number of rotatable bonds is 0. The fraction of sp³-hybridized carbons (Fsp3) is 0. The summed E-state index contributed by atoms with van der Waals surface area (Å²) in [6.07, 6.45) is 0. The van der Waals surface area contributed by atoms with E-state index in [1.807, 2.05) is 0 Å². The van der Waals surface area contributed by atoms with E-state index in [0.29, 0.717) is 0 Å². The van der Waals surface area contributed by atoms with Gasteiger partial charge in [0.1, 0.15) is 0 Å². The molecule has 0 fully saturated rings. The molecule has 0 amide bonds.